The molecule has 3 aromatic rings. The minimum absolute atomic E-state index is 0.0761. The van der Waals surface area contributed by atoms with Gasteiger partial charge in [-0.15, -0.1) is 0 Å². The molecule has 2 aromatic carbocycles. The van der Waals surface area contributed by atoms with E-state index in [0.717, 1.165) is 48.1 Å². The lowest BCUT2D eigenvalue weighted by atomic mass is 9.70. The number of rotatable bonds is 7. The number of amides is 2. The average Bonchev–Trinajstić information content (AvgIpc) is 2.93. The maximum atomic E-state index is 13.5. The highest BCUT2D eigenvalue weighted by molar-refractivity contribution is 5.93. The quantitative estimate of drug-likeness (QED) is 0.324. The molecule has 0 saturated heterocycles. The van der Waals surface area contributed by atoms with E-state index in [2.05, 4.69) is 15.4 Å². The first-order valence-corrected chi connectivity index (χ1v) is 13.6. The molecule has 4 N–H and O–H groups in total. The van der Waals surface area contributed by atoms with Crippen molar-refractivity contribution in [1.82, 2.24) is 10.3 Å². The lowest BCUT2D eigenvalue weighted by Crippen LogP contribution is -2.55. The van der Waals surface area contributed by atoms with Crippen LogP contribution in [0.15, 0.2) is 66.9 Å². The highest BCUT2D eigenvalue weighted by Gasteiger charge is 2.55. The van der Waals surface area contributed by atoms with Crippen LogP contribution < -0.4 is 16.4 Å². The molecule has 7 nitrogen and oxygen atoms in total. The number of anilines is 1. The minimum atomic E-state index is -2.71. The molecule has 0 unspecified atom stereocenters. The van der Waals surface area contributed by atoms with E-state index >= 15 is 0 Å². The fourth-order valence-electron chi connectivity index (χ4n) is 5.85. The first-order chi connectivity index (χ1) is 19.1. The number of nitrogens with zero attached hydrogens (tertiary/aromatic N) is 1. The van der Waals surface area contributed by atoms with Crippen LogP contribution in [0.5, 0.6) is 0 Å². The fourth-order valence-corrected chi connectivity index (χ4v) is 5.85. The predicted octanol–water partition coefficient (Wildman–Crippen LogP) is 6.24. The number of nitrogens with one attached hydrogen (secondary N) is 2. The van der Waals surface area contributed by atoms with Gasteiger partial charge in [0.2, 0.25) is 5.91 Å². The molecular weight excluding hydrogens is 514 g/mol. The van der Waals surface area contributed by atoms with Crippen molar-refractivity contribution in [3.63, 3.8) is 0 Å². The van der Waals surface area contributed by atoms with Gasteiger partial charge in [-0.3, -0.25) is 9.78 Å². The molecule has 0 spiro atoms. The van der Waals surface area contributed by atoms with Gasteiger partial charge in [0.15, 0.2) is 0 Å². The molecule has 40 heavy (non-hydrogen) atoms. The van der Waals surface area contributed by atoms with Crippen molar-refractivity contribution in [3.8, 4) is 22.4 Å². The molecule has 0 aliphatic heterocycles. The maximum Gasteiger partial charge on any atom is 0.407 e. The summed E-state index contributed by atoms with van der Waals surface area (Å²) in [6.07, 6.45) is 4.24. The lowest BCUT2D eigenvalue weighted by Gasteiger charge is -2.44. The summed E-state index contributed by atoms with van der Waals surface area (Å²) in [7, 11) is 1.35. The Morgan fingerprint density at radius 2 is 1.68 bits per heavy atom. The van der Waals surface area contributed by atoms with Gasteiger partial charge in [-0.2, -0.15) is 0 Å². The van der Waals surface area contributed by atoms with Gasteiger partial charge in [0.05, 0.1) is 30.2 Å². The second-order valence-electron chi connectivity index (χ2n) is 11.0. The number of benzene rings is 2. The number of ether oxygens (including phenoxy) is 1. The van der Waals surface area contributed by atoms with Gasteiger partial charge >= 0.3 is 6.09 Å². The normalized spacial score (nSPS) is 21.1. The molecular formula is C31H34F2N4O3. The molecule has 2 amide bonds. The number of carbonyl (C=O) groups excluding carboxylic acids is 2. The van der Waals surface area contributed by atoms with Crippen molar-refractivity contribution in [2.24, 2.45) is 11.7 Å². The Kier molecular flexibility index (Phi) is 7.85. The van der Waals surface area contributed by atoms with Crippen molar-refractivity contribution in [2.45, 2.75) is 62.4 Å². The van der Waals surface area contributed by atoms with E-state index in [1.165, 1.54) is 7.11 Å². The Morgan fingerprint density at radius 3 is 2.30 bits per heavy atom. The number of halogens is 2. The molecule has 0 atom stereocenters. The molecule has 2 aliphatic rings. The zero-order valence-corrected chi connectivity index (χ0v) is 22.5. The number of carbonyl (C=O) groups is 2. The number of hydrogen-bond acceptors (Lipinski definition) is 5. The predicted molar refractivity (Wildman–Crippen MR) is 150 cm³/mol. The number of nitrogens with two attached hydrogens (primary N) is 1. The summed E-state index contributed by atoms with van der Waals surface area (Å²) in [5.41, 5.74) is 9.82. The van der Waals surface area contributed by atoms with Crippen molar-refractivity contribution in [2.75, 3.05) is 12.4 Å². The summed E-state index contributed by atoms with van der Waals surface area (Å²) < 4.78 is 31.7. The van der Waals surface area contributed by atoms with Crippen LogP contribution in [0.4, 0.5) is 19.3 Å². The van der Waals surface area contributed by atoms with E-state index in [1.807, 2.05) is 48.5 Å². The van der Waals surface area contributed by atoms with Crippen molar-refractivity contribution in [3.05, 3.63) is 72.4 Å². The van der Waals surface area contributed by atoms with E-state index in [9.17, 15) is 18.4 Å². The Bertz CT molecular complexity index is 1350. The van der Waals surface area contributed by atoms with Crippen LogP contribution >= 0.6 is 0 Å². The zero-order chi connectivity index (χ0) is 28.3. The number of alkyl carbamates (subject to hydrolysis) is 1. The van der Waals surface area contributed by atoms with Gasteiger partial charge in [-0.05, 0) is 48.8 Å². The van der Waals surface area contributed by atoms with Crippen LogP contribution in [0.2, 0.25) is 0 Å². The van der Waals surface area contributed by atoms with E-state index < -0.39 is 17.6 Å². The Balaban J connectivity index is 1.29. The minimum Gasteiger partial charge on any atom is -0.453 e. The van der Waals surface area contributed by atoms with Crippen molar-refractivity contribution in [1.29, 1.82) is 0 Å². The summed E-state index contributed by atoms with van der Waals surface area (Å²) >= 11 is 0. The highest BCUT2D eigenvalue weighted by Crippen LogP contribution is 2.50. The second-order valence-corrected chi connectivity index (χ2v) is 11.0. The fraction of sp³-hybridized carbons (Fsp3) is 0.387. The van der Waals surface area contributed by atoms with Crippen LogP contribution in [0.25, 0.3) is 22.4 Å². The summed E-state index contributed by atoms with van der Waals surface area (Å²) in [5.74, 6) is -2.54. The van der Waals surface area contributed by atoms with Gasteiger partial charge in [0, 0.05) is 36.4 Å². The molecule has 2 saturated carbocycles. The monoisotopic (exact) mass is 548 g/mol. The molecule has 9 heteroatoms. The van der Waals surface area contributed by atoms with E-state index in [-0.39, 0.29) is 30.7 Å². The smallest absolute Gasteiger partial charge is 0.407 e. The number of methoxy groups -OCH3 is 1. The lowest BCUT2D eigenvalue weighted by molar-refractivity contribution is -0.125. The summed E-state index contributed by atoms with van der Waals surface area (Å²) in [5, 5.41) is 5.84. The summed E-state index contributed by atoms with van der Waals surface area (Å²) in [6, 6.07) is 19.1. The Hall–Kier alpha value is -3.85. The van der Waals surface area contributed by atoms with Crippen molar-refractivity contribution < 1.29 is 23.1 Å². The van der Waals surface area contributed by atoms with Crippen LogP contribution in [0.3, 0.4) is 0 Å². The summed E-state index contributed by atoms with van der Waals surface area (Å²) in [4.78, 5) is 29.1. The van der Waals surface area contributed by atoms with Crippen LogP contribution in [-0.4, -0.2) is 36.1 Å². The molecule has 210 valence electrons. The first-order valence-electron chi connectivity index (χ1n) is 13.6. The molecule has 1 aromatic heterocycles. The molecule has 1 heterocycles. The van der Waals surface area contributed by atoms with Crippen LogP contribution in [-0.2, 0) is 15.1 Å². The Labute approximate surface area is 232 Å². The molecule has 2 fully saturated rings. The topological polar surface area (TPSA) is 106 Å². The van der Waals surface area contributed by atoms with E-state index in [4.69, 9.17) is 10.7 Å². The largest absolute Gasteiger partial charge is 0.453 e. The standard InChI is InChI=1S/C31H34F2N4O3/c1-40-29(39)37-24-13-7-20(8-14-24)15-27(38)36-25-16-26(21-5-3-2-4-6-21)28(35-17-25)22-9-11-23(12-10-22)30(34)18-31(32,33)19-30/h2-6,9-12,16-17,20,24H,7-8,13-15,18-19,34H2,1H3,(H,36,38)(H,37,39)/t20-,24-. The van der Waals surface area contributed by atoms with Gasteiger partial charge in [0.25, 0.3) is 5.92 Å². The Morgan fingerprint density at radius 1 is 1.00 bits per heavy atom. The number of aromatic nitrogens is 1. The average molecular weight is 549 g/mol. The van der Waals surface area contributed by atoms with Gasteiger partial charge in [0.1, 0.15) is 0 Å². The van der Waals surface area contributed by atoms with Gasteiger partial charge in [-0.25, -0.2) is 13.6 Å². The van der Waals surface area contributed by atoms with Crippen LogP contribution in [0.1, 0.15) is 50.5 Å². The third-order valence-electron chi connectivity index (χ3n) is 7.97. The maximum absolute atomic E-state index is 13.5. The number of hydrogen-bond donors (Lipinski definition) is 3. The zero-order valence-electron chi connectivity index (χ0n) is 22.5. The summed E-state index contributed by atoms with van der Waals surface area (Å²) in [6.45, 7) is 0. The van der Waals surface area contributed by atoms with Gasteiger partial charge in [-0.1, -0.05) is 54.6 Å². The number of alkyl halides is 2. The SMILES string of the molecule is COC(=O)N[C@H]1CC[C@H](CC(=O)Nc2cnc(-c3ccc(C4(N)CC(F)(F)C4)cc3)c(-c3ccccc3)c2)CC1. The first kappa shape index (κ1) is 27.7. The van der Waals surface area contributed by atoms with E-state index in [1.54, 1.807) is 18.3 Å². The molecule has 2 aliphatic carbocycles. The van der Waals surface area contributed by atoms with Crippen LogP contribution in [0, 0.1) is 5.92 Å². The third kappa shape index (κ3) is 6.31. The second kappa shape index (κ2) is 11.3. The molecule has 0 radical (unpaired) electrons. The number of pyridine rings is 1. The van der Waals surface area contributed by atoms with E-state index in [0.29, 0.717) is 17.7 Å². The molecule has 5 rings (SSSR count). The van der Waals surface area contributed by atoms with Gasteiger partial charge < -0.3 is 21.1 Å². The highest BCUT2D eigenvalue weighted by atomic mass is 19.3. The molecule has 0 bridgehead atoms. The van der Waals surface area contributed by atoms with Crippen molar-refractivity contribution >= 4 is 17.7 Å². The third-order valence-corrected chi connectivity index (χ3v) is 7.97.